The molecule has 1 aromatic carbocycles. The van der Waals surface area contributed by atoms with Crippen LogP contribution in [0.25, 0.3) is 0 Å². The maximum Gasteiger partial charge on any atom is 0.305 e. The Hall–Kier alpha value is -1.43. The van der Waals surface area contributed by atoms with Crippen LogP contribution in [-0.2, 0) is 9.59 Å². The highest BCUT2D eigenvalue weighted by atomic mass is 79.9. The molecule has 0 aliphatic carbocycles. The van der Waals surface area contributed by atoms with Gasteiger partial charge < -0.3 is 10.4 Å². The van der Waals surface area contributed by atoms with E-state index in [1.165, 1.54) is 25.1 Å². The molecule has 0 saturated carbocycles. The maximum absolute atomic E-state index is 13.0. The van der Waals surface area contributed by atoms with Gasteiger partial charge in [0.1, 0.15) is 5.82 Å². The molecule has 0 spiro atoms. The van der Waals surface area contributed by atoms with E-state index in [-0.39, 0.29) is 16.8 Å². The lowest BCUT2D eigenvalue weighted by atomic mass is 10.0. The number of halogens is 2. The van der Waals surface area contributed by atoms with Gasteiger partial charge >= 0.3 is 5.97 Å². The van der Waals surface area contributed by atoms with E-state index >= 15 is 0 Å². The third kappa shape index (κ3) is 4.14. The molecule has 0 radical (unpaired) electrons. The molecule has 92 valence electrons. The van der Waals surface area contributed by atoms with Crippen molar-refractivity contribution in [2.45, 2.75) is 19.4 Å². The SMILES string of the molecule is CC(=O)N[C@H](CC(=O)O)c1ccc(F)c(Br)c1. The van der Waals surface area contributed by atoms with Crippen LogP contribution in [0.4, 0.5) is 4.39 Å². The first-order chi connectivity index (χ1) is 7.90. The molecule has 0 bridgehead atoms. The van der Waals surface area contributed by atoms with E-state index in [1.807, 2.05) is 0 Å². The summed E-state index contributed by atoms with van der Waals surface area (Å²) in [6.45, 7) is 1.30. The van der Waals surface area contributed by atoms with Gasteiger partial charge in [0.25, 0.3) is 0 Å². The van der Waals surface area contributed by atoms with Gasteiger partial charge in [0.05, 0.1) is 16.9 Å². The van der Waals surface area contributed by atoms with Crippen LogP contribution in [0.5, 0.6) is 0 Å². The first-order valence-electron chi connectivity index (χ1n) is 4.84. The van der Waals surface area contributed by atoms with Crippen LogP contribution >= 0.6 is 15.9 Å². The molecular weight excluding hydrogens is 293 g/mol. The van der Waals surface area contributed by atoms with Crippen LogP contribution in [0.3, 0.4) is 0 Å². The summed E-state index contributed by atoms with van der Waals surface area (Å²) in [5.74, 6) is -1.81. The fourth-order valence-electron chi connectivity index (χ4n) is 1.40. The van der Waals surface area contributed by atoms with E-state index in [2.05, 4.69) is 21.2 Å². The van der Waals surface area contributed by atoms with Crippen LogP contribution in [0.2, 0.25) is 0 Å². The zero-order valence-electron chi connectivity index (χ0n) is 9.04. The Morgan fingerprint density at radius 3 is 2.65 bits per heavy atom. The van der Waals surface area contributed by atoms with Gasteiger partial charge in [-0.15, -0.1) is 0 Å². The van der Waals surface area contributed by atoms with E-state index in [4.69, 9.17) is 5.11 Å². The first kappa shape index (κ1) is 13.6. The van der Waals surface area contributed by atoms with Crippen molar-refractivity contribution in [3.8, 4) is 0 Å². The number of benzene rings is 1. The number of carboxylic acids is 1. The van der Waals surface area contributed by atoms with Gasteiger partial charge in [-0.05, 0) is 33.6 Å². The van der Waals surface area contributed by atoms with Gasteiger partial charge in [-0.1, -0.05) is 6.07 Å². The Bertz CT molecular complexity index is 434. The number of hydrogen-bond donors (Lipinski definition) is 2. The zero-order chi connectivity index (χ0) is 13.0. The van der Waals surface area contributed by atoms with Crippen LogP contribution in [0.1, 0.15) is 24.9 Å². The number of carbonyl (C=O) groups excluding carboxylic acids is 1. The standard InChI is InChI=1S/C11H11BrFNO3/c1-6(15)14-10(5-11(16)17)7-2-3-9(13)8(12)4-7/h2-4,10H,5H2,1H3,(H,14,15)(H,16,17)/t10-/m1/s1. The van der Waals surface area contributed by atoms with Gasteiger partial charge in [0.15, 0.2) is 0 Å². The lowest BCUT2D eigenvalue weighted by molar-refractivity contribution is -0.137. The summed E-state index contributed by atoms with van der Waals surface area (Å²) in [6, 6.07) is 3.46. The van der Waals surface area contributed by atoms with Crippen molar-refractivity contribution in [3.05, 3.63) is 34.1 Å². The Morgan fingerprint density at radius 1 is 1.53 bits per heavy atom. The van der Waals surface area contributed by atoms with Crippen molar-refractivity contribution in [1.29, 1.82) is 0 Å². The van der Waals surface area contributed by atoms with E-state index < -0.39 is 17.8 Å². The number of rotatable bonds is 4. The molecule has 0 fully saturated rings. The summed E-state index contributed by atoms with van der Waals surface area (Å²) in [6.07, 6.45) is -0.252. The number of hydrogen-bond acceptors (Lipinski definition) is 2. The second-order valence-corrected chi connectivity index (χ2v) is 4.38. The number of carboxylic acid groups (broad SMARTS) is 1. The van der Waals surface area contributed by atoms with Crippen molar-refractivity contribution in [2.75, 3.05) is 0 Å². The molecular formula is C11H11BrFNO3. The number of carbonyl (C=O) groups is 2. The average Bonchev–Trinajstić information content (AvgIpc) is 2.19. The molecule has 0 heterocycles. The quantitative estimate of drug-likeness (QED) is 0.896. The third-order valence-electron chi connectivity index (χ3n) is 2.10. The second kappa shape index (κ2) is 5.77. The highest BCUT2D eigenvalue weighted by Gasteiger charge is 2.17. The molecule has 4 nitrogen and oxygen atoms in total. The summed E-state index contributed by atoms with van der Waals surface area (Å²) in [5.41, 5.74) is 0.538. The minimum Gasteiger partial charge on any atom is -0.481 e. The second-order valence-electron chi connectivity index (χ2n) is 3.52. The summed E-state index contributed by atoms with van der Waals surface area (Å²) in [7, 11) is 0. The number of aliphatic carboxylic acids is 1. The van der Waals surface area contributed by atoms with Gasteiger partial charge in [-0.25, -0.2) is 4.39 Å². The molecule has 2 N–H and O–H groups in total. The van der Waals surface area contributed by atoms with Crippen molar-refractivity contribution >= 4 is 27.8 Å². The highest BCUT2D eigenvalue weighted by molar-refractivity contribution is 9.10. The first-order valence-corrected chi connectivity index (χ1v) is 5.63. The Balaban J connectivity index is 2.98. The lowest BCUT2D eigenvalue weighted by Crippen LogP contribution is -2.28. The van der Waals surface area contributed by atoms with E-state index in [0.717, 1.165) is 0 Å². The fraction of sp³-hybridized carbons (Fsp3) is 0.273. The molecule has 1 aromatic rings. The van der Waals surface area contributed by atoms with E-state index in [0.29, 0.717) is 5.56 Å². The molecule has 0 unspecified atom stereocenters. The molecule has 1 rings (SSSR count). The average molecular weight is 304 g/mol. The number of amides is 1. The largest absolute Gasteiger partial charge is 0.481 e. The van der Waals surface area contributed by atoms with Crippen LogP contribution in [-0.4, -0.2) is 17.0 Å². The lowest BCUT2D eigenvalue weighted by Gasteiger charge is -2.16. The monoisotopic (exact) mass is 303 g/mol. The zero-order valence-corrected chi connectivity index (χ0v) is 10.6. The van der Waals surface area contributed by atoms with E-state index in [1.54, 1.807) is 0 Å². The summed E-state index contributed by atoms with van der Waals surface area (Å²) >= 11 is 3.01. The molecule has 0 aliphatic heterocycles. The molecule has 6 heteroatoms. The highest BCUT2D eigenvalue weighted by Crippen LogP contribution is 2.23. The van der Waals surface area contributed by atoms with Crippen molar-refractivity contribution in [2.24, 2.45) is 0 Å². The smallest absolute Gasteiger partial charge is 0.305 e. The molecule has 0 aliphatic rings. The fourth-order valence-corrected chi connectivity index (χ4v) is 1.80. The predicted molar refractivity (Wildman–Crippen MR) is 62.9 cm³/mol. The van der Waals surface area contributed by atoms with E-state index in [9.17, 15) is 14.0 Å². The predicted octanol–water partition coefficient (Wildman–Crippen LogP) is 2.24. The normalized spacial score (nSPS) is 11.9. The van der Waals surface area contributed by atoms with Gasteiger partial charge in [0.2, 0.25) is 5.91 Å². The molecule has 0 saturated heterocycles. The van der Waals surface area contributed by atoms with Crippen LogP contribution in [0.15, 0.2) is 22.7 Å². The minimum atomic E-state index is -1.04. The van der Waals surface area contributed by atoms with Gasteiger partial charge in [-0.3, -0.25) is 9.59 Å². The molecule has 1 amide bonds. The van der Waals surface area contributed by atoms with Crippen molar-refractivity contribution < 1.29 is 19.1 Å². The van der Waals surface area contributed by atoms with Crippen molar-refractivity contribution in [3.63, 3.8) is 0 Å². The number of nitrogens with one attached hydrogen (secondary N) is 1. The molecule has 1 atom stereocenters. The third-order valence-corrected chi connectivity index (χ3v) is 2.71. The summed E-state index contributed by atoms with van der Waals surface area (Å²) in [4.78, 5) is 21.7. The van der Waals surface area contributed by atoms with Gasteiger partial charge in [0, 0.05) is 6.92 Å². The Kier molecular flexibility index (Phi) is 4.62. The molecule has 0 aromatic heterocycles. The summed E-state index contributed by atoms with van der Waals surface area (Å²) in [5, 5.41) is 11.3. The van der Waals surface area contributed by atoms with Crippen LogP contribution in [0, 0.1) is 5.82 Å². The Labute approximate surface area is 106 Å². The minimum absolute atomic E-state index is 0.232. The Morgan fingerprint density at radius 2 is 2.18 bits per heavy atom. The maximum atomic E-state index is 13.0. The summed E-state index contributed by atoms with van der Waals surface area (Å²) < 4.78 is 13.3. The topological polar surface area (TPSA) is 66.4 Å². The van der Waals surface area contributed by atoms with Crippen LogP contribution < -0.4 is 5.32 Å². The molecule has 17 heavy (non-hydrogen) atoms. The van der Waals surface area contributed by atoms with Gasteiger partial charge in [-0.2, -0.15) is 0 Å². The van der Waals surface area contributed by atoms with Crippen molar-refractivity contribution in [1.82, 2.24) is 5.32 Å².